The smallest absolute Gasteiger partial charge is 0.254 e. The molecule has 2 amide bonds. The number of carbonyl (C=O) groups is 3. The van der Waals surface area contributed by atoms with Crippen LogP contribution in [0.2, 0.25) is 20.1 Å². The second-order valence-electron chi connectivity index (χ2n) is 14.3. The number of carbonyl (C=O) groups excluding carboxylic acids is 3. The lowest BCUT2D eigenvalue weighted by atomic mass is 9.83. The van der Waals surface area contributed by atoms with Gasteiger partial charge >= 0.3 is 0 Å². The van der Waals surface area contributed by atoms with Gasteiger partial charge in [0.15, 0.2) is 0 Å². The highest BCUT2D eigenvalue weighted by Gasteiger charge is 2.37. The fourth-order valence-electron chi connectivity index (χ4n) is 7.82. The molecule has 2 atom stereocenters. The van der Waals surface area contributed by atoms with Crippen LogP contribution in [-0.2, 0) is 14.4 Å². The first-order chi connectivity index (χ1) is 24.4. The Morgan fingerprint density at radius 3 is 2.25 bits per heavy atom. The fraction of sp³-hybridized carbons (Fsp3) is 0.579. The summed E-state index contributed by atoms with van der Waals surface area (Å²) in [6.07, 6.45) is 6.41. The molecule has 3 fully saturated rings. The van der Waals surface area contributed by atoms with Gasteiger partial charge in [-0.3, -0.25) is 14.4 Å². The molecular formula is C38H49Cl4N5O4. The summed E-state index contributed by atoms with van der Waals surface area (Å²) in [5, 5.41) is 6.07. The topological polar surface area (TPSA) is 85.8 Å². The Labute approximate surface area is 322 Å². The number of hydrogen-bond acceptors (Lipinski definition) is 7. The van der Waals surface area contributed by atoms with E-state index in [0.29, 0.717) is 44.2 Å². The van der Waals surface area contributed by atoms with Crippen molar-refractivity contribution in [3.8, 4) is 0 Å². The van der Waals surface area contributed by atoms with E-state index < -0.39 is 0 Å². The largest absolute Gasteiger partial charge is 0.399 e. The molecule has 0 bridgehead atoms. The van der Waals surface area contributed by atoms with E-state index in [1.54, 1.807) is 36.2 Å². The minimum absolute atomic E-state index is 0.0951. The summed E-state index contributed by atoms with van der Waals surface area (Å²) in [7, 11) is 5.29. The molecule has 3 aliphatic heterocycles. The average Bonchev–Trinajstić information content (AvgIpc) is 3.10. The SMILES string of the molecule is CO/N=C(\CN(C)C(=O)c1cc(Cl)cc(Cl)c1)C(CCN1CCC(N2CCCC(CC(=O)C3CCN(C)CC3)C2=O)CC1)c1ccc(Cl)c(Cl)c1. The minimum atomic E-state index is -0.251. The molecule has 0 N–H and O–H groups in total. The van der Waals surface area contributed by atoms with Crippen molar-refractivity contribution in [3.63, 3.8) is 0 Å². The van der Waals surface area contributed by atoms with Gasteiger partial charge in [-0.05, 0) is 108 Å². The molecule has 9 nitrogen and oxygen atoms in total. The van der Waals surface area contributed by atoms with Crippen LogP contribution in [0.15, 0.2) is 41.6 Å². The number of benzene rings is 2. The molecular weight excluding hydrogens is 732 g/mol. The summed E-state index contributed by atoms with van der Waals surface area (Å²) >= 11 is 25.1. The van der Waals surface area contributed by atoms with Crippen molar-refractivity contribution in [1.82, 2.24) is 19.6 Å². The first-order valence-electron chi connectivity index (χ1n) is 17.9. The molecule has 0 saturated carbocycles. The number of Topliss-reactive ketones (excluding diaryl/α,β-unsaturated/α-hetero) is 1. The minimum Gasteiger partial charge on any atom is -0.399 e. The zero-order valence-corrected chi connectivity index (χ0v) is 32.8. The average molecular weight is 782 g/mol. The van der Waals surface area contributed by atoms with Crippen LogP contribution in [0.1, 0.15) is 73.2 Å². The molecule has 5 rings (SSSR count). The molecule has 2 unspecified atom stereocenters. The summed E-state index contributed by atoms with van der Waals surface area (Å²) in [4.78, 5) is 53.9. The molecule has 3 aliphatic rings. The zero-order valence-electron chi connectivity index (χ0n) is 29.8. The lowest BCUT2D eigenvalue weighted by Gasteiger charge is -2.42. The third kappa shape index (κ3) is 10.6. The van der Waals surface area contributed by atoms with Crippen molar-refractivity contribution in [2.45, 2.75) is 63.3 Å². The van der Waals surface area contributed by atoms with Gasteiger partial charge in [0, 0.05) is 72.5 Å². The van der Waals surface area contributed by atoms with Gasteiger partial charge in [0.25, 0.3) is 5.91 Å². The molecule has 2 aromatic rings. The molecule has 0 spiro atoms. The molecule has 278 valence electrons. The van der Waals surface area contributed by atoms with Crippen LogP contribution < -0.4 is 0 Å². The van der Waals surface area contributed by atoms with Crippen LogP contribution in [0.3, 0.4) is 0 Å². The Balaban J connectivity index is 1.21. The number of rotatable bonds is 13. The van der Waals surface area contributed by atoms with Crippen molar-refractivity contribution in [1.29, 1.82) is 0 Å². The van der Waals surface area contributed by atoms with E-state index in [0.717, 1.165) is 83.4 Å². The van der Waals surface area contributed by atoms with Gasteiger partial charge in [-0.25, -0.2) is 0 Å². The number of amides is 2. The van der Waals surface area contributed by atoms with Gasteiger partial charge in [-0.1, -0.05) is 57.6 Å². The summed E-state index contributed by atoms with van der Waals surface area (Å²) in [6.45, 7) is 5.34. The number of likely N-dealkylation sites (tertiary alicyclic amines) is 3. The van der Waals surface area contributed by atoms with Gasteiger partial charge in [0.1, 0.15) is 12.9 Å². The maximum absolute atomic E-state index is 13.7. The summed E-state index contributed by atoms with van der Waals surface area (Å²) in [5.41, 5.74) is 1.96. The van der Waals surface area contributed by atoms with Crippen molar-refractivity contribution >= 4 is 69.7 Å². The van der Waals surface area contributed by atoms with Crippen molar-refractivity contribution < 1.29 is 19.2 Å². The van der Waals surface area contributed by atoms with E-state index in [1.807, 2.05) is 12.1 Å². The van der Waals surface area contributed by atoms with E-state index >= 15 is 0 Å². The number of halogens is 4. The number of nitrogens with zero attached hydrogens (tertiary/aromatic N) is 5. The molecule has 2 aromatic carbocycles. The number of ketones is 1. The monoisotopic (exact) mass is 779 g/mol. The highest BCUT2D eigenvalue weighted by atomic mass is 35.5. The van der Waals surface area contributed by atoms with Crippen LogP contribution >= 0.6 is 46.4 Å². The molecule has 0 aliphatic carbocycles. The Bertz CT molecular complexity index is 1560. The summed E-state index contributed by atoms with van der Waals surface area (Å²) in [6, 6.07) is 10.5. The normalized spacial score (nSPS) is 20.8. The second-order valence-corrected chi connectivity index (χ2v) is 16.0. The standard InChI is InChI=1S/C38H49Cl4N5O4/c1-44-14-8-25(9-15-44)36(48)22-27-5-4-13-47(38(27)50)31-10-16-46(17-11-31)18-12-32(26-6-7-33(41)34(42)21-26)35(43-51-3)24-45(2)37(49)28-19-29(39)23-30(40)20-28/h6-7,19-21,23,25,27,31-32H,4-5,8-18,22,24H2,1-3H3/b43-35+. The Kier molecular flexibility index (Phi) is 14.5. The molecule has 0 radical (unpaired) electrons. The Morgan fingerprint density at radius 1 is 0.922 bits per heavy atom. The molecule has 3 saturated heterocycles. The highest BCUT2D eigenvalue weighted by Crippen LogP contribution is 2.32. The van der Waals surface area contributed by atoms with Crippen LogP contribution in [0, 0.1) is 11.8 Å². The third-order valence-electron chi connectivity index (χ3n) is 10.7. The van der Waals surface area contributed by atoms with Crippen LogP contribution in [-0.4, -0.2) is 116 Å². The lowest BCUT2D eigenvalue weighted by molar-refractivity contribution is -0.145. The maximum Gasteiger partial charge on any atom is 0.254 e. The number of piperidine rings is 3. The van der Waals surface area contributed by atoms with Crippen LogP contribution in [0.5, 0.6) is 0 Å². The summed E-state index contributed by atoms with van der Waals surface area (Å²) in [5.74, 6) is -0.121. The molecule has 51 heavy (non-hydrogen) atoms. The fourth-order valence-corrected chi connectivity index (χ4v) is 8.65. The first-order valence-corrected chi connectivity index (χ1v) is 19.4. The second kappa shape index (κ2) is 18.6. The predicted molar refractivity (Wildman–Crippen MR) is 205 cm³/mol. The highest BCUT2D eigenvalue weighted by molar-refractivity contribution is 6.42. The Morgan fingerprint density at radius 2 is 1.61 bits per heavy atom. The predicted octanol–water partition coefficient (Wildman–Crippen LogP) is 7.55. The van der Waals surface area contributed by atoms with E-state index in [1.165, 1.54) is 7.11 Å². The van der Waals surface area contributed by atoms with Crippen molar-refractivity contribution in [3.05, 3.63) is 67.6 Å². The summed E-state index contributed by atoms with van der Waals surface area (Å²) < 4.78 is 0. The van der Waals surface area contributed by atoms with Crippen LogP contribution in [0.25, 0.3) is 0 Å². The Hall–Kier alpha value is -2.40. The lowest BCUT2D eigenvalue weighted by Crippen LogP contribution is -2.52. The van der Waals surface area contributed by atoms with E-state index in [4.69, 9.17) is 51.2 Å². The third-order valence-corrected chi connectivity index (χ3v) is 11.9. The van der Waals surface area contributed by atoms with Gasteiger partial charge in [-0.15, -0.1) is 0 Å². The van der Waals surface area contributed by atoms with Gasteiger partial charge in [0.05, 0.1) is 22.3 Å². The van der Waals surface area contributed by atoms with E-state index in [-0.39, 0.29) is 47.9 Å². The molecule has 13 heteroatoms. The van der Waals surface area contributed by atoms with Gasteiger partial charge in [0.2, 0.25) is 5.91 Å². The van der Waals surface area contributed by atoms with Gasteiger partial charge < -0.3 is 24.4 Å². The molecule has 3 heterocycles. The first kappa shape index (κ1) is 39.8. The van der Waals surface area contributed by atoms with Crippen molar-refractivity contribution in [2.75, 3.05) is 67.0 Å². The van der Waals surface area contributed by atoms with Crippen molar-refractivity contribution in [2.24, 2.45) is 17.0 Å². The van der Waals surface area contributed by atoms with Crippen LogP contribution in [0.4, 0.5) is 0 Å². The molecule has 0 aromatic heterocycles. The van der Waals surface area contributed by atoms with E-state index in [2.05, 4.69) is 26.9 Å². The maximum atomic E-state index is 13.7. The number of oxime groups is 1. The van der Waals surface area contributed by atoms with E-state index in [9.17, 15) is 14.4 Å². The quantitative estimate of drug-likeness (QED) is 0.154. The van der Waals surface area contributed by atoms with Gasteiger partial charge in [-0.2, -0.15) is 0 Å². The number of hydrogen-bond donors (Lipinski definition) is 0. The zero-order chi connectivity index (χ0) is 36.7.